The highest BCUT2D eigenvalue weighted by atomic mass is 32.1. The minimum Gasteiger partial charge on any atom is -0.481 e. The molecule has 5 nitrogen and oxygen atoms in total. The number of rotatable bonds is 5. The third-order valence-electron chi connectivity index (χ3n) is 3.60. The zero-order chi connectivity index (χ0) is 15.6. The van der Waals surface area contributed by atoms with E-state index in [0.29, 0.717) is 17.0 Å². The van der Waals surface area contributed by atoms with Crippen LogP contribution in [0.3, 0.4) is 0 Å². The zero-order valence-corrected chi connectivity index (χ0v) is 13.1. The second-order valence-corrected chi connectivity index (χ2v) is 5.90. The summed E-state index contributed by atoms with van der Waals surface area (Å²) in [6.07, 6.45) is 0.629. The van der Waals surface area contributed by atoms with Gasteiger partial charge in [0.05, 0.1) is 12.5 Å². The molecule has 0 saturated carbocycles. The van der Waals surface area contributed by atoms with Crippen LogP contribution in [0.5, 0.6) is 0 Å². The van der Waals surface area contributed by atoms with E-state index >= 15 is 0 Å². The first-order valence-corrected chi connectivity index (χ1v) is 7.67. The lowest BCUT2D eigenvalue weighted by Crippen LogP contribution is -2.31. The molecule has 0 bridgehead atoms. The molecule has 0 aliphatic heterocycles. The fourth-order valence-electron chi connectivity index (χ4n) is 2.58. The van der Waals surface area contributed by atoms with Crippen LogP contribution >= 0.6 is 11.3 Å². The molecule has 2 aromatic heterocycles. The van der Waals surface area contributed by atoms with Crippen molar-refractivity contribution >= 4 is 17.3 Å². The van der Waals surface area contributed by atoms with Crippen molar-refractivity contribution in [3.05, 3.63) is 49.8 Å². The summed E-state index contributed by atoms with van der Waals surface area (Å²) in [6.45, 7) is 5.49. The van der Waals surface area contributed by atoms with Gasteiger partial charge in [0.25, 0.3) is 0 Å². The van der Waals surface area contributed by atoms with Gasteiger partial charge in [0.1, 0.15) is 0 Å². The average molecular weight is 306 g/mol. The van der Waals surface area contributed by atoms with Crippen molar-refractivity contribution in [3.63, 3.8) is 0 Å². The number of carbonyl (C=O) groups is 1. The number of carboxylic acids is 1. The van der Waals surface area contributed by atoms with Gasteiger partial charge in [-0.05, 0) is 31.7 Å². The molecule has 0 aliphatic rings. The van der Waals surface area contributed by atoms with Crippen molar-refractivity contribution in [2.75, 3.05) is 0 Å². The predicted molar refractivity (Wildman–Crippen MR) is 82.1 cm³/mol. The Bertz CT molecular complexity index is 704. The number of hydrogen-bond acceptors (Lipinski definition) is 4. The number of aliphatic carboxylic acids is 1. The Morgan fingerprint density at radius 3 is 2.71 bits per heavy atom. The van der Waals surface area contributed by atoms with Crippen LogP contribution in [0.2, 0.25) is 0 Å². The summed E-state index contributed by atoms with van der Waals surface area (Å²) < 4.78 is 1.62. The Balaban J connectivity index is 2.62. The van der Waals surface area contributed by atoms with Gasteiger partial charge in [0.2, 0.25) is 0 Å². The van der Waals surface area contributed by atoms with Crippen LogP contribution in [0.25, 0.3) is 0 Å². The third-order valence-corrected chi connectivity index (χ3v) is 4.58. The predicted octanol–water partition coefficient (Wildman–Crippen LogP) is 2.55. The highest BCUT2D eigenvalue weighted by Gasteiger charge is 2.21. The lowest BCUT2D eigenvalue weighted by Gasteiger charge is -2.21. The number of aryl methyl sites for hydroxylation is 1. The molecule has 0 spiro atoms. The molecule has 2 aromatic rings. The molecule has 0 fully saturated rings. The number of thiophene rings is 1. The average Bonchev–Trinajstić information content (AvgIpc) is 2.92. The molecular formula is C15H18N2O3S. The molecule has 2 heterocycles. The monoisotopic (exact) mass is 306 g/mol. The highest BCUT2D eigenvalue weighted by molar-refractivity contribution is 7.10. The van der Waals surface area contributed by atoms with E-state index in [9.17, 15) is 9.59 Å². The second kappa shape index (κ2) is 6.22. The van der Waals surface area contributed by atoms with E-state index < -0.39 is 5.97 Å². The van der Waals surface area contributed by atoms with Crippen LogP contribution in [0.1, 0.15) is 41.2 Å². The van der Waals surface area contributed by atoms with Crippen molar-refractivity contribution in [1.82, 2.24) is 9.55 Å². The largest absolute Gasteiger partial charge is 0.481 e. The Kier molecular flexibility index (Phi) is 4.57. The number of hydrogen-bond donors (Lipinski definition) is 1. The molecule has 0 aromatic carbocycles. The molecular weight excluding hydrogens is 288 g/mol. The van der Waals surface area contributed by atoms with Crippen LogP contribution in [0.4, 0.5) is 0 Å². The van der Waals surface area contributed by atoms with Crippen molar-refractivity contribution in [2.24, 2.45) is 0 Å². The lowest BCUT2D eigenvalue weighted by molar-refractivity contribution is -0.136. The Morgan fingerprint density at radius 1 is 1.48 bits per heavy atom. The Labute approximate surface area is 126 Å². The molecule has 1 atom stereocenters. The summed E-state index contributed by atoms with van der Waals surface area (Å²) in [5, 5.41) is 11.0. The van der Waals surface area contributed by atoms with Crippen LogP contribution < -0.4 is 5.69 Å². The standard InChI is InChI=1S/C15H18N2O3S/c1-4-12(13-6-5-7-21-13)17-10(3)11(8-14(18)19)9(2)16-15(17)20/h5-7,12H,4,8H2,1-3H3,(H,18,19). The normalized spacial score (nSPS) is 12.3. The second-order valence-electron chi connectivity index (χ2n) is 4.92. The smallest absolute Gasteiger partial charge is 0.348 e. The fraction of sp³-hybridized carbons (Fsp3) is 0.400. The molecule has 1 unspecified atom stereocenters. The maximum Gasteiger partial charge on any atom is 0.348 e. The quantitative estimate of drug-likeness (QED) is 0.921. The summed E-state index contributed by atoms with van der Waals surface area (Å²) in [4.78, 5) is 28.4. The highest BCUT2D eigenvalue weighted by Crippen LogP contribution is 2.27. The first kappa shape index (κ1) is 15.4. The van der Waals surface area contributed by atoms with Gasteiger partial charge in [-0.2, -0.15) is 4.98 Å². The molecule has 0 radical (unpaired) electrons. The van der Waals surface area contributed by atoms with Crippen LogP contribution in [0.15, 0.2) is 22.3 Å². The third kappa shape index (κ3) is 3.05. The first-order chi connectivity index (χ1) is 9.95. The van der Waals surface area contributed by atoms with Crippen LogP contribution in [-0.2, 0) is 11.2 Å². The molecule has 2 rings (SSSR count). The minimum atomic E-state index is -0.919. The maximum atomic E-state index is 12.3. The van der Waals surface area contributed by atoms with Gasteiger partial charge >= 0.3 is 11.7 Å². The van der Waals surface area contributed by atoms with Gasteiger partial charge in [0, 0.05) is 21.8 Å². The summed E-state index contributed by atoms with van der Waals surface area (Å²) in [5.41, 5.74) is 1.49. The summed E-state index contributed by atoms with van der Waals surface area (Å²) in [7, 11) is 0. The van der Waals surface area contributed by atoms with E-state index in [4.69, 9.17) is 5.11 Å². The number of nitrogens with zero attached hydrogens (tertiary/aromatic N) is 2. The molecule has 1 N–H and O–H groups in total. The van der Waals surface area contributed by atoms with E-state index in [-0.39, 0.29) is 18.2 Å². The zero-order valence-electron chi connectivity index (χ0n) is 12.3. The van der Waals surface area contributed by atoms with E-state index in [2.05, 4.69) is 4.98 Å². The van der Waals surface area contributed by atoms with Crippen molar-refractivity contribution in [2.45, 2.75) is 39.7 Å². The molecule has 21 heavy (non-hydrogen) atoms. The SMILES string of the molecule is CCC(c1cccs1)n1c(C)c(CC(=O)O)c(C)nc1=O. The summed E-state index contributed by atoms with van der Waals surface area (Å²) in [5.74, 6) is -0.919. The molecule has 6 heteroatoms. The summed E-state index contributed by atoms with van der Waals surface area (Å²) >= 11 is 1.59. The Morgan fingerprint density at radius 2 is 2.19 bits per heavy atom. The van der Waals surface area contributed by atoms with Gasteiger partial charge in [-0.25, -0.2) is 4.79 Å². The van der Waals surface area contributed by atoms with Gasteiger partial charge in [-0.3, -0.25) is 9.36 Å². The van der Waals surface area contributed by atoms with E-state index in [0.717, 1.165) is 11.3 Å². The van der Waals surface area contributed by atoms with Crippen molar-refractivity contribution in [3.8, 4) is 0 Å². The van der Waals surface area contributed by atoms with Crippen LogP contribution in [-0.4, -0.2) is 20.6 Å². The van der Waals surface area contributed by atoms with Gasteiger partial charge in [0.15, 0.2) is 0 Å². The first-order valence-electron chi connectivity index (χ1n) is 6.79. The molecule has 0 saturated heterocycles. The topological polar surface area (TPSA) is 72.2 Å². The maximum absolute atomic E-state index is 12.3. The van der Waals surface area contributed by atoms with Crippen molar-refractivity contribution in [1.29, 1.82) is 0 Å². The molecule has 112 valence electrons. The molecule has 0 amide bonds. The van der Waals surface area contributed by atoms with Crippen LogP contribution in [0, 0.1) is 13.8 Å². The van der Waals surface area contributed by atoms with Gasteiger partial charge < -0.3 is 5.11 Å². The minimum absolute atomic E-state index is 0.0989. The Hall–Kier alpha value is -1.95. The fourth-order valence-corrected chi connectivity index (χ4v) is 3.48. The van der Waals surface area contributed by atoms with E-state index in [1.54, 1.807) is 29.8 Å². The summed E-state index contributed by atoms with van der Waals surface area (Å²) in [6, 6.07) is 3.84. The van der Waals surface area contributed by atoms with Crippen molar-refractivity contribution < 1.29 is 9.90 Å². The lowest BCUT2D eigenvalue weighted by atomic mass is 10.1. The van der Waals surface area contributed by atoms with Gasteiger partial charge in [-0.1, -0.05) is 13.0 Å². The number of aromatic nitrogens is 2. The molecule has 0 aliphatic carbocycles. The van der Waals surface area contributed by atoms with E-state index in [1.165, 1.54) is 0 Å². The van der Waals surface area contributed by atoms with Gasteiger partial charge in [-0.15, -0.1) is 11.3 Å². The number of carboxylic acid groups (broad SMARTS) is 1. The van der Waals surface area contributed by atoms with E-state index in [1.807, 2.05) is 24.4 Å².